The molecule has 176 valence electrons. The van der Waals surface area contributed by atoms with Crippen LogP contribution in [-0.2, 0) is 9.53 Å². The fourth-order valence-electron chi connectivity index (χ4n) is 5.42. The fourth-order valence-corrected chi connectivity index (χ4v) is 5.42. The van der Waals surface area contributed by atoms with Gasteiger partial charge in [-0.3, -0.25) is 9.59 Å². The number of para-hydroxylation sites is 1. The van der Waals surface area contributed by atoms with Crippen molar-refractivity contribution in [2.75, 3.05) is 39.5 Å². The molecule has 0 unspecified atom stereocenters. The highest BCUT2D eigenvalue weighted by Crippen LogP contribution is 2.38. The van der Waals surface area contributed by atoms with Crippen molar-refractivity contribution in [3.8, 4) is 5.75 Å². The summed E-state index contributed by atoms with van der Waals surface area (Å²) >= 11 is 0. The number of rotatable bonds is 2. The summed E-state index contributed by atoms with van der Waals surface area (Å²) in [7, 11) is 0. The molecule has 0 bridgehead atoms. The summed E-state index contributed by atoms with van der Waals surface area (Å²) in [6.07, 6.45) is 8.65. The van der Waals surface area contributed by atoms with Crippen molar-refractivity contribution in [1.29, 1.82) is 0 Å². The Balaban J connectivity index is 1.51. The lowest BCUT2D eigenvalue weighted by molar-refractivity contribution is -0.134. The van der Waals surface area contributed by atoms with Gasteiger partial charge >= 0.3 is 0 Å². The Morgan fingerprint density at radius 1 is 1.09 bits per heavy atom. The quantitative estimate of drug-likeness (QED) is 0.686. The molecule has 1 atom stereocenters. The number of carbonyl (C=O) groups is 2. The van der Waals surface area contributed by atoms with E-state index in [1.54, 1.807) is 0 Å². The minimum absolute atomic E-state index is 0.0411. The van der Waals surface area contributed by atoms with E-state index in [4.69, 9.17) is 9.47 Å². The molecule has 0 aromatic heterocycles. The highest BCUT2D eigenvalue weighted by molar-refractivity contribution is 5.97. The molecule has 2 saturated heterocycles. The Kier molecular flexibility index (Phi) is 7.71. The summed E-state index contributed by atoms with van der Waals surface area (Å²) < 4.78 is 12.4. The fraction of sp³-hybridized carbons (Fsp3) is 0.692. The monoisotopic (exact) mass is 442 g/mol. The van der Waals surface area contributed by atoms with E-state index in [1.165, 1.54) is 0 Å². The Morgan fingerprint density at radius 3 is 2.72 bits per heavy atom. The third-order valence-corrected chi connectivity index (χ3v) is 7.49. The van der Waals surface area contributed by atoms with Gasteiger partial charge in [-0.1, -0.05) is 25.5 Å². The maximum absolute atomic E-state index is 13.4. The highest BCUT2D eigenvalue weighted by atomic mass is 16.5. The van der Waals surface area contributed by atoms with E-state index in [2.05, 4.69) is 6.92 Å². The number of fused-ring (bicyclic) bond motifs is 2. The lowest BCUT2D eigenvalue weighted by Crippen LogP contribution is -2.45. The molecule has 3 aliphatic rings. The number of piperidine rings is 1. The van der Waals surface area contributed by atoms with Gasteiger partial charge in [0.2, 0.25) is 5.91 Å². The zero-order valence-corrected chi connectivity index (χ0v) is 19.5. The van der Waals surface area contributed by atoms with Crippen molar-refractivity contribution in [1.82, 2.24) is 9.80 Å². The first kappa shape index (κ1) is 23.1. The largest absolute Gasteiger partial charge is 0.492 e. The molecule has 1 spiro atoms. The van der Waals surface area contributed by atoms with Crippen molar-refractivity contribution in [3.05, 3.63) is 29.8 Å². The van der Waals surface area contributed by atoms with E-state index >= 15 is 0 Å². The van der Waals surface area contributed by atoms with Crippen LogP contribution in [0.3, 0.4) is 0 Å². The second-order valence-corrected chi connectivity index (χ2v) is 9.74. The van der Waals surface area contributed by atoms with Gasteiger partial charge in [-0.25, -0.2) is 0 Å². The maximum Gasteiger partial charge on any atom is 0.257 e. The van der Waals surface area contributed by atoms with E-state index in [-0.39, 0.29) is 23.3 Å². The minimum atomic E-state index is 0.0411. The molecule has 0 aliphatic carbocycles. The third kappa shape index (κ3) is 5.28. The van der Waals surface area contributed by atoms with Crippen LogP contribution >= 0.6 is 0 Å². The summed E-state index contributed by atoms with van der Waals surface area (Å²) in [6.45, 7) is 6.40. The van der Waals surface area contributed by atoms with Gasteiger partial charge < -0.3 is 19.3 Å². The minimum Gasteiger partial charge on any atom is -0.492 e. The topological polar surface area (TPSA) is 59.1 Å². The van der Waals surface area contributed by atoms with E-state index in [0.717, 1.165) is 77.6 Å². The molecule has 3 heterocycles. The lowest BCUT2D eigenvalue weighted by Gasteiger charge is -2.42. The normalized spacial score (nSPS) is 24.4. The van der Waals surface area contributed by atoms with Crippen LogP contribution in [0, 0.1) is 5.41 Å². The number of carbonyl (C=O) groups excluding carboxylic acids is 2. The van der Waals surface area contributed by atoms with Crippen LogP contribution in [0.5, 0.6) is 5.75 Å². The third-order valence-electron chi connectivity index (χ3n) is 7.49. The number of amides is 2. The summed E-state index contributed by atoms with van der Waals surface area (Å²) in [5.41, 5.74) is 0.696. The molecule has 4 rings (SSSR count). The lowest BCUT2D eigenvalue weighted by atomic mass is 9.75. The van der Waals surface area contributed by atoms with Gasteiger partial charge in [0, 0.05) is 38.1 Å². The van der Waals surface area contributed by atoms with E-state index in [1.807, 2.05) is 34.1 Å². The van der Waals surface area contributed by atoms with Crippen LogP contribution in [0.1, 0.15) is 75.1 Å². The predicted molar refractivity (Wildman–Crippen MR) is 124 cm³/mol. The second-order valence-electron chi connectivity index (χ2n) is 9.74. The molecule has 3 aliphatic heterocycles. The zero-order chi connectivity index (χ0) is 22.4. The first-order chi connectivity index (χ1) is 15.6. The van der Waals surface area contributed by atoms with Gasteiger partial charge in [0.05, 0.1) is 24.8 Å². The molecular formula is C26H38N2O4. The van der Waals surface area contributed by atoms with Gasteiger partial charge in [-0.15, -0.1) is 0 Å². The highest BCUT2D eigenvalue weighted by Gasteiger charge is 2.37. The number of likely N-dealkylation sites (tertiary alicyclic amines) is 1. The van der Waals surface area contributed by atoms with Crippen LogP contribution in [0.25, 0.3) is 0 Å². The Bertz CT molecular complexity index is 788. The number of hydrogen-bond donors (Lipinski definition) is 0. The van der Waals surface area contributed by atoms with E-state index in [0.29, 0.717) is 30.9 Å². The Labute approximate surface area is 192 Å². The van der Waals surface area contributed by atoms with Gasteiger partial charge in [-0.05, 0) is 57.1 Å². The summed E-state index contributed by atoms with van der Waals surface area (Å²) in [5, 5.41) is 0. The molecule has 2 amide bonds. The predicted octanol–water partition coefficient (Wildman–Crippen LogP) is 4.28. The van der Waals surface area contributed by atoms with Gasteiger partial charge in [0.1, 0.15) is 5.75 Å². The van der Waals surface area contributed by atoms with Crippen LogP contribution in [-0.4, -0.2) is 67.1 Å². The van der Waals surface area contributed by atoms with Gasteiger partial charge in [-0.2, -0.15) is 0 Å². The number of ether oxygens (including phenoxy) is 2. The molecule has 0 radical (unpaired) electrons. The molecule has 2 fully saturated rings. The molecule has 6 heteroatoms. The standard InChI is InChI=1S/C26H38N2O4/c1-2-8-24(29)27-16-13-26(14-17-27)12-5-6-18-31-19-21-9-7-15-28(21)25(30)22-10-3-4-11-23(22)32-20-26/h3-4,10-11,21H,2,5-9,12-20H2,1H3/t21-/m0/s1. The zero-order valence-electron chi connectivity index (χ0n) is 19.5. The van der Waals surface area contributed by atoms with Crippen LogP contribution in [0.2, 0.25) is 0 Å². The molecule has 6 nitrogen and oxygen atoms in total. The van der Waals surface area contributed by atoms with Crippen LogP contribution in [0.15, 0.2) is 24.3 Å². The molecule has 0 saturated carbocycles. The first-order valence-corrected chi connectivity index (χ1v) is 12.5. The SMILES string of the molecule is CCCC(=O)N1CCC2(CCCCOC[C@@H]3CCCN3C(=O)c3ccccc3OC2)CC1. The van der Waals surface area contributed by atoms with Crippen molar-refractivity contribution < 1.29 is 19.1 Å². The Morgan fingerprint density at radius 2 is 1.91 bits per heavy atom. The maximum atomic E-state index is 13.4. The summed E-state index contributed by atoms with van der Waals surface area (Å²) in [6, 6.07) is 7.83. The summed E-state index contributed by atoms with van der Waals surface area (Å²) in [4.78, 5) is 29.8. The molecule has 0 N–H and O–H groups in total. The number of benzene rings is 1. The molecule has 1 aromatic rings. The van der Waals surface area contributed by atoms with E-state index in [9.17, 15) is 9.59 Å². The van der Waals surface area contributed by atoms with E-state index < -0.39 is 0 Å². The van der Waals surface area contributed by atoms with Crippen molar-refractivity contribution in [2.45, 2.75) is 70.8 Å². The van der Waals surface area contributed by atoms with Crippen molar-refractivity contribution in [3.63, 3.8) is 0 Å². The van der Waals surface area contributed by atoms with Crippen LogP contribution in [0.4, 0.5) is 0 Å². The van der Waals surface area contributed by atoms with Crippen molar-refractivity contribution >= 4 is 11.8 Å². The average Bonchev–Trinajstić information content (AvgIpc) is 3.28. The molecule has 32 heavy (non-hydrogen) atoms. The average molecular weight is 443 g/mol. The van der Waals surface area contributed by atoms with Gasteiger partial charge in [0.25, 0.3) is 5.91 Å². The smallest absolute Gasteiger partial charge is 0.257 e. The number of nitrogens with zero attached hydrogens (tertiary/aromatic N) is 2. The molecule has 1 aromatic carbocycles. The summed E-state index contributed by atoms with van der Waals surface area (Å²) in [5.74, 6) is 1.01. The van der Waals surface area contributed by atoms with Crippen LogP contribution < -0.4 is 4.74 Å². The van der Waals surface area contributed by atoms with Crippen molar-refractivity contribution in [2.24, 2.45) is 5.41 Å². The Hall–Kier alpha value is -2.08. The molecular weight excluding hydrogens is 404 g/mol. The second kappa shape index (κ2) is 10.7. The number of hydrogen-bond acceptors (Lipinski definition) is 4. The van der Waals surface area contributed by atoms with Gasteiger partial charge in [0.15, 0.2) is 0 Å². The first-order valence-electron chi connectivity index (χ1n) is 12.5.